The molecule has 1 aliphatic rings. The molecule has 2 aromatic carbocycles. The summed E-state index contributed by atoms with van der Waals surface area (Å²) in [5, 5.41) is 13.5. The van der Waals surface area contributed by atoms with Crippen LogP contribution in [0.25, 0.3) is 0 Å². The number of hydrogen-bond acceptors (Lipinski definition) is 4. The third-order valence-corrected chi connectivity index (χ3v) is 5.09. The van der Waals surface area contributed by atoms with Crippen molar-refractivity contribution in [2.45, 2.75) is 45.2 Å². The zero-order chi connectivity index (χ0) is 20.7. The van der Waals surface area contributed by atoms with Crippen molar-refractivity contribution in [2.24, 2.45) is 0 Å². The molecule has 3 amide bonds. The van der Waals surface area contributed by atoms with Crippen LogP contribution in [0, 0.1) is 10.1 Å². The molecule has 1 fully saturated rings. The SMILES string of the molecule is CC(C)(C)c1ccc(C2(C)NC(=O)N(Cc3ccc([N+](=O)[O-])cc3)C2=O)cc1. The van der Waals surface area contributed by atoms with E-state index in [0.29, 0.717) is 11.1 Å². The van der Waals surface area contributed by atoms with E-state index in [4.69, 9.17) is 0 Å². The molecule has 0 bridgehead atoms. The highest BCUT2D eigenvalue weighted by molar-refractivity contribution is 6.07. The van der Waals surface area contributed by atoms with E-state index in [1.165, 1.54) is 12.1 Å². The standard InChI is InChI=1S/C21H23N3O4/c1-20(2,3)15-7-9-16(10-8-15)21(4)18(25)23(19(26)22-21)13-14-5-11-17(12-6-14)24(27)28/h5-12H,13H2,1-4H3,(H,22,26). The third-order valence-electron chi connectivity index (χ3n) is 5.09. The largest absolute Gasteiger partial charge is 0.325 e. The maximum absolute atomic E-state index is 13.0. The van der Waals surface area contributed by atoms with Gasteiger partial charge in [-0.3, -0.25) is 19.8 Å². The summed E-state index contributed by atoms with van der Waals surface area (Å²) in [6.45, 7) is 8.07. The monoisotopic (exact) mass is 381 g/mol. The minimum atomic E-state index is -1.14. The van der Waals surface area contributed by atoms with Crippen LogP contribution in [0.5, 0.6) is 0 Å². The zero-order valence-corrected chi connectivity index (χ0v) is 16.4. The second kappa shape index (κ2) is 6.74. The predicted molar refractivity (Wildman–Crippen MR) is 105 cm³/mol. The molecule has 7 heteroatoms. The molecule has 146 valence electrons. The molecule has 2 aromatic rings. The number of hydrogen-bond donors (Lipinski definition) is 1. The quantitative estimate of drug-likeness (QED) is 0.494. The van der Waals surface area contributed by atoms with E-state index in [9.17, 15) is 19.7 Å². The first-order valence-corrected chi connectivity index (χ1v) is 9.01. The van der Waals surface area contributed by atoms with Crippen LogP contribution in [0.4, 0.5) is 10.5 Å². The van der Waals surface area contributed by atoms with Crippen molar-refractivity contribution in [3.63, 3.8) is 0 Å². The summed E-state index contributed by atoms with van der Waals surface area (Å²) in [5.41, 5.74) is 1.30. The lowest BCUT2D eigenvalue weighted by Crippen LogP contribution is -2.40. The van der Waals surface area contributed by atoms with Crippen molar-refractivity contribution in [2.75, 3.05) is 0 Å². The number of amides is 3. The van der Waals surface area contributed by atoms with Gasteiger partial charge in [0.05, 0.1) is 11.5 Å². The molecule has 1 heterocycles. The Morgan fingerprint density at radius 3 is 2.11 bits per heavy atom. The van der Waals surface area contributed by atoms with Gasteiger partial charge in [0.1, 0.15) is 5.54 Å². The van der Waals surface area contributed by atoms with E-state index in [1.807, 2.05) is 24.3 Å². The Balaban J connectivity index is 1.83. The highest BCUT2D eigenvalue weighted by Crippen LogP contribution is 2.32. The summed E-state index contributed by atoms with van der Waals surface area (Å²) in [5.74, 6) is -0.348. The van der Waals surface area contributed by atoms with Gasteiger partial charge in [-0.2, -0.15) is 0 Å². The van der Waals surface area contributed by atoms with Crippen LogP contribution in [0.15, 0.2) is 48.5 Å². The number of carbonyl (C=O) groups is 2. The van der Waals surface area contributed by atoms with Crippen LogP contribution >= 0.6 is 0 Å². The summed E-state index contributed by atoms with van der Waals surface area (Å²) in [7, 11) is 0. The lowest BCUT2D eigenvalue weighted by molar-refractivity contribution is -0.384. The number of carbonyl (C=O) groups excluding carboxylic acids is 2. The molecule has 0 radical (unpaired) electrons. The molecule has 0 saturated carbocycles. The van der Waals surface area contributed by atoms with Crippen molar-refractivity contribution < 1.29 is 14.5 Å². The second-order valence-electron chi connectivity index (χ2n) is 8.20. The molecule has 0 aromatic heterocycles. The molecule has 1 aliphatic heterocycles. The average molecular weight is 381 g/mol. The Labute approximate surface area is 163 Å². The van der Waals surface area contributed by atoms with Crippen LogP contribution in [0.2, 0.25) is 0 Å². The van der Waals surface area contributed by atoms with E-state index in [-0.39, 0.29) is 23.6 Å². The van der Waals surface area contributed by atoms with Crippen molar-refractivity contribution >= 4 is 17.6 Å². The molecule has 1 N–H and O–H groups in total. The fraction of sp³-hybridized carbons (Fsp3) is 0.333. The Kier molecular flexibility index (Phi) is 4.71. The van der Waals surface area contributed by atoms with Gasteiger partial charge in [0.2, 0.25) is 0 Å². The molecule has 3 rings (SSSR count). The first kappa shape index (κ1) is 19.5. The highest BCUT2D eigenvalue weighted by Gasteiger charge is 2.48. The van der Waals surface area contributed by atoms with Crippen molar-refractivity contribution in [1.29, 1.82) is 0 Å². The smallest absolute Gasteiger partial charge is 0.319 e. The fourth-order valence-electron chi connectivity index (χ4n) is 3.25. The second-order valence-corrected chi connectivity index (χ2v) is 8.20. The van der Waals surface area contributed by atoms with Crippen molar-refractivity contribution in [3.8, 4) is 0 Å². The van der Waals surface area contributed by atoms with Gasteiger partial charge in [0.25, 0.3) is 11.6 Å². The van der Waals surface area contributed by atoms with E-state index < -0.39 is 16.5 Å². The average Bonchev–Trinajstić information content (AvgIpc) is 2.86. The van der Waals surface area contributed by atoms with Crippen LogP contribution in [-0.2, 0) is 22.3 Å². The predicted octanol–water partition coefficient (Wildman–Crippen LogP) is 3.86. The maximum Gasteiger partial charge on any atom is 0.325 e. The Bertz CT molecular complexity index is 930. The first-order chi connectivity index (χ1) is 13.0. The Hall–Kier alpha value is -3.22. The van der Waals surface area contributed by atoms with Gasteiger partial charge in [-0.05, 0) is 29.0 Å². The molecule has 0 spiro atoms. The lowest BCUT2D eigenvalue weighted by Gasteiger charge is -2.24. The molecular weight excluding hydrogens is 358 g/mol. The van der Waals surface area contributed by atoms with E-state index in [1.54, 1.807) is 19.1 Å². The molecule has 1 atom stereocenters. The molecule has 28 heavy (non-hydrogen) atoms. The first-order valence-electron chi connectivity index (χ1n) is 9.01. The minimum Gasteiger partial charge on any atom is -0.319 e. The highest BCUT2D eigenvalue weighted by atomic mass is 16.6. The number of nitrogens with one attached hydrogen (secondary N) is 1. The minimum absolute atomic E-state index is 0.00960. The summed E-state index contributed by atoms with van der Waals surface area (Å²) in [4.78, 5) is 36.9. The summed E-state index contributed by atoms with van der Waals surface area (Å²) in [6.07, 6.45) is 0. The fourth-order valence-corrected chi connectivity index (χ4v) is 3.25. The third kappa shape index (κ3) is 3.47. The van der Waals surface area contributed by atoms with Crippen molar-refractivity contribution in [1.82, 2.24) is 10.2 Å². The summed E-state index contributed by atoms with van der Waals surface area (Å²) >= 11 is 0. The normalized spacial score (nSPS) is 19.6. The van der Waals surface area contributed by atoms with Gasteiger partial charge < -0.3 is 5.32 Å². The number of nitrogens with zero attached hydrogens (tertiary/aromatic N) is 2. The number of imide groups is 1. The van der Waals surface area contributed by atoms with Gasteiger partial charge in [-0.1, -0.05) is 57.2 Å². The summed E-state index contributed by atoms with van der Waals surface area (Å²) in [6, 6.07) is 13.0. The number of urea groups is 1. The van der Waals surface area contributed by atoms with Gasteiger partial charge in [-0.15, -0.1) is 0 Å². The zero-order valence-electron chi connectivity index (χ0n) is 16.4. The van der Waals surface area contributed by atoms with Crippen LogP contribution < -0.4 is 5.32 Å². The molecule has 0 aliphatic carbocycles. The van der Waals surface area contributed by atoms with Crippen molar-refractivity contribution in [3.05, 3.63) is 75.3 Å². The van der Waals surface area contributed by atoms with Gasteiger partial charge in [0.15, 0.2) is 0 Å². The molecule has 1 unspecified atom stereocenters. The van der Waals surface area contributed by atoms with Crippen LogP contribution in [0.3, 0.4) is 0 Å². The van der Waals surface area contributed by atoms with E-state index >= 15 is 0 Å². The lowest BCUT2D eigenvalue weighted by atomic mass is 9.84. The van der Waals surface area contributed by atoms with E-state index in [2.05, 4.69) is 26.1 Å². The molecular formula is C21H23N3O4. The Morgan fingerprint density at radius 2 is 1.61 bits per heavy atom. The van der Waals surface area contributed by atoms with Gasteiger partial charge in [-0.25, -0.2) is 4.79 Å². The van der Waals surface area contributed by atoms with Crippen LogP contribution in [-0.4, -0.2) is 21.8 Å². The van der Waals surface area contributed by atoms with Crippen LogP contribution in [0.1, 0.15) is 44.4 Å². The van der Waals surface area contributed by atoms with Gasteiger partial charge >= 0.3 is 6.03 Å². The number of nitro benzene ring substituents is 1. The summed E-state index contributed by atoms with van der Waals surface area (Å²) < 4.78 is 0. The topological polar surface area (TPSA) is 92.6 Å². The number of non-ortho nitro benzene ring substituents is 1. The van der Waals surface area contributed by atoms with E-state index in [0.717, 1.165) is 10.5 Å². The number of nitro groups is 1. The Morgan fingerprint density at radius 1 is 1.04 bits per heavy atom. The molecule has 1 saturated heterocycles. The maximum atomic E-state index is 13.0. The molecule has 7 nitrogen and oxygen atoms in total. The number of rotatable bonds is 4. The van der Waals surface area contributed by atoms with Gasteiger partial charge in [0, 0.05) is 12.1 Å². The number of benzene rings is 2.